The second kappa shape index (κ2) is 5.40. The van der Waals surface area contributed by atoms with Crippen molar-refractivity contribution in [1.82, 2.24) is 5.32 Å². The summed E-state index contributed by atoms with van der Waals surface area (Å²) in [6, 6.07) is 7.72. The summed E-state index contributed by atoms with van der Waals surface area (Å²) >= 11 is 0. The molecule has 2 aliphatic rings. The van der Waals surface area contributed by atoms with Gasteiger partial charge in [-0.3, -0.25) is 0 Å². The normalized spacial score (nSPS) is 27.6. The van der Waals surface area contributed by atoms with Crippen molar-refractivity contribution < 1.29 is 4.39 Å². The molecule has 0 heterocycles. The van der Waals surface area contributed by atoms with Gasteiger partial charge < -0.3 is 5.32 Å². The summed E-state index contributed by atoms with van der Waals surface area (Å²) in [5.41, 5.74) is 1.30. The van der Waals surface area contributed by atoms with Crippen molar-refractivity contribution in [1.29, 1.82) is 0 Å². The lowest BCUT2D eigenvalue weighted by molar-refractivity contribution is 0.254. The third-order valence-electron chi connectivity index (χ3n) is 4.69. The molecule has 0 bridgehead atoms. The molecule has 0 saturated heterocycles. The SMILES string of the molecule is Fc1ccc(C2CC(NCCC3CCC3)C2)cc1. The topological polar surface area (TPSA) is 12.0 Å². The van der Waals surface area contributed by atoms with Gasteiger partial charge in [-0.05, 0) is 55.3 Å². The standard InChI is InChI=1S/C16H22FN/c17-15-6-4-13(5-7-15)14-10-16(11-14)18-9-8-12-2-1-3-12/h4-7,12,14,16,18H,1-3,8-11H2. The summed E-state index contributed by atoms with van der Waals surface area (Å²) < 4.78 is 12.8. The zero-order valence-electron chi connectivity index (χ0n) is 10.9. The zero-order chi connectivity index (χ0) is 12.4. The Morgan fingerprint density at radius 1 is 1.11 bits per heavy atom. The Bertz CT molecular complexity index is 377. The van der Waals surface area contributed by atoms with E-state index in [-0.39, 0.29) is 5.82 Å². The van der Waals surface area contributed by atoms with Gasteiger partial charge in [0.15, 0.2) is 0 Å². The Morgan fingerprint density at radius 3 is 2.44 bits per heavy atom. The molecule has 0 amide bonds. The van der Waals surface area contributed by atoms with Gasteiger partial charge in [0.1, 0.15) is 5.82 Å². The van der Waals surface area contributed by atoms with Crippen molar-refractivity contribution >= 4 is 0 Å². The fraction of sp³-hybridized carbons (Fsp3) is 0.625. The van der Waals surface area contributed by atoms with Crippen LogP contribution in [0, 0.1) is 11.7 Å². The number of benzene rings is 1. The molecule has 2 heteroatoms. The van der Waals surface area contributed by atoms with E-state index in [1.807, 2.05) is 12.1 Å². The highest BCUT2D eigenvalue weighted by molar-refractivity contribution is 5.23. The van der Waals surface area contributed by atoms with Crippen molar-refractivity contribution in [2.75, 3.05) is 6.54 Å². The first-order valence-corrected chi connectivity index (χ1v) is 7.30. The molecule has 1 nitrogen and oxygen atoms in total. The summed E-state index contributed by atoms with van der Waals surface area (Å²) in [7, 11) is 0. The van der Waals surface area contributed by atoms with E-state index in [1.54, 1.807) is 12.1 Å². The van der Waals surface area contributed by atoms with Gasteiger partial charge in [0.2, 0.25) is 0 Å². The van der Waals surface area contributed by atoms with Crippen LogP contribution in [-0.4, -0.2) is 12.6 Å². The summed E-state index contributed by atoms with van der Waals surface area (Å²) in [5, 5.41) is 3.66. The molecule has 1 aromatic carbocycles. The van der Waals surface area contributed by atoms with E-state index in [9.17, 15) is 4.39 Å². The molecule has 98 valence electrons. The van der Waals surface area contributed by atoms with Crippen LogP contribution < -0.4 is 5.32 Å². The van der Waals surface area contributed by atoms with Gasteiger partial charge in [-0.15, -0.1) is 0 Å². The van der Waals surface area contributed by atoms with Gasteiger partial charge in [0, 0.05) is 6.04 Å². The summed E-state index contributed by atoms with van der Waals surface area (Å²) in [6.45, 7) is 1.19. The lowest BCUT2D eigenvalue weighted by atomic mass is 9.75. The predicted molar refractivity (Wildman–Crippen MR) is 72.1 cm³/mol. The van der Waals surface area contributed by atoms with Crippen LogP contribution in [0.15, 0.2) is 24.3 Å². The van der Waals surface area contributed by atoms with Gasteiger partial charge in [0.05, 0.1) is 0 Å². The van der Waals surface area contributed by atoms with Gasteiger partial charge in [-0.1, -0.05) is 31.4 Å². The first kappa shape index (κ1) is 12.2. The minimum absolute atomic E-state index is 0.131. The highest BCUT2D eigenvalue weighted by atomic mass is 19.1. The number of hydrogen-bond donors (Lipinski definition) is 1. The molecular formula is C16H22FN. The van der Waals surface area contributed by atoms with Crippen LogP contribution in [0.5, 0.6) is 0 Å². The molecule has 0 atom stereocenters. The molecule has 2 saturated carbocycles. The van der Waals surface area contributed by atoms with Crippen LogP contribution in [0.25, 0.3) is 0 Å². The molecule has 1 N–H and O–H groups in total. The number of halogens is 1. The third kappa shape index (κ3) is 2.74. The largest absolute Gasteiger partial charge is 0.314 e. The first-order valence-electron chi connectivity index (χ1n) is 7.30. The quantitative estimate of drug-likeness (QED) is 0.833. The molecule has 3 rings (SSSR count). The maximum absolute atomic E-state index is 12.8. The van der Waals surface area contributed by atoms with Crippen LogP contribution in [0.2, 0.25) is 0 Å². The monoisotopic (exact) mass is 247 g/mol. The van der Waals surface area contributed by atoms with E-state index in [2.05, 4.69) is 5.32 Å². The highest BCUT2D eigenvalue weighted by Gasteiger charge is 2.29. The molecule has 0 radical (unpaired) electrons. The fourth-order valence-electron chi connectivity index (χ4n) is 3.06. The van der Waals surface area contributed by atoms with E-state index in [4.69, 9.17) is 0 Å². The van der Waals surface area contributed by atoms with E-state index in [0.29, 0.717) is 12.0 Å². The Balaban J connectivity index is 1.36. The van der Waals surface area contributed by atoms with Crippen LogP contribution in [0.1, 0.15) is 50.0 Å². The molecule has 2 fully saturated rings. The highest BCUT2D eigenvalue weighted by Crippen LogP contribution is 2.37. The van der Waals surface area contributed by atoms with Crippen LogP contribution in [0.4, 0.5) is 4.39 Å². The van der Waals surface area contributed by atoms with Gasteiger partial charge in [-0.25, -0.2) is 4.39 Å². The van der Waals surface area contributed by atoms with Gasteiger partial charge in [-0.2, -0.15) is 0 Å². The molecule has 2 aliphatic carbocycles. The minimum atomic E-state index is -0.131. The number of rotatable bonds is 5. The molecule has 0 spiro atoms. The Labute approximate surface area is 109 Å². The van der Waals surface area contributed by atoms with Gasteiger partial charge in [0.25, 0.3) is 0 Å². The second-order valence-electron chi connectivity index (χ2n) is 5.96. The molecule has 0 aromatic heterocycles. The Hall–Kier alpha value is -0.890. The van der Waals surface area contributed by atoms with Crippen molar-refractivity contribution in [2.45, 2.75) is 50.5 Å². The van der Waals surface area contributed by atoms with E-state index in [1.165, 1.54) is 50.6 Å². The molecular weight excluding hydrogens is 225 g/mol. The lowest BCUT2D eigenvalue weighted by Crippen LogP contribution is -2.41. The summed E-state index contributed by atoms with van der Waals surface area (Å²) in [4.78, 5) is 0. The van der Waals surface area contributed by atoms with Crippen molar-refractivity contribution in [2.24, 2.45) is 5.92 Å². The van der Waals surface area contributed by atoms with Crippen LogP contribution in [0.3, 0.4) is 0 Å². The van der Waals surface area contributed by atoms with Gasteiger partial charge >= 0.3 is 0 Å². The Morgan fingerprint density at radius 2 is 1.83 bits per heavy atom. The first-order chi connectivity index (χ1) is 8.81. The van der Waals surface area contributed by atoms with Crippen LogP contribution in [-0.2, 0) is 0 Å². The maximum Gasteiger partial charge on any atom is 0.123 e. The number of hydrogen-bond acceptors (Lipinski definition) is 1. The average molecular weight is 247 g/mol. The lowest BCUT2D eigenvalue weighted by Gasteiger charge is -2.37. The molecule has 18 heavy (non-hydrogen) atoms. The average Bonchev–Trinajstić information content (AvgIpc) is 2.26. The Kier molecular flexibility index (Phi) is 3.64. The smallest absolute Gasteiger partial charge is 0.123 e. The van der Waals surface area contributed by atoms with E-state index < -0.39 is 0 Å². The predicted octanol–water partition coefficient (Wildman–Crippen LogP) is 3.85. The van der Waals surface area contributed by atoms with E-state index >= 15 is 0 Å². The summed E-state index contributed by atoms with van der Waals surface area (Å²) in [6.07, 6.45) is 8.14. The van der Waals surface area contributed by atoms with Crippen molar-refractivity contribution in [3.63, 3.8) is 0 Å². The zero-order valence-corrected chi connectivity index (χ0v) is 10.9. The van der Waals surface area contributed by atoms with Crippen molar-refractivity contribution in [3.05, 3.63) is 35.6 Å². The summed E-state index contributed by atoms with van der Waals surface area (Å²) in [5.74, 6) is 1.52. The van der Waals surface area contributed by atoms with Crippen LogP contribution >= 0.6 is 0 Å². The molecule has 0 aliphatic heterocycles. The molecule has 1 aromatic rings. The second-order valence-corrected chi connectivity index (χ2v) is 5.96. The minimum Gasteiger partial charge on any atom is -0.314 e. The maximum atomic E-state index is 12.8. The van der Waals surface area contributed by atoms with E-state index in [0.717, 1.165) is 5.92 Å². The number of nitrogens with one attached hydrogen (secondary N) is 1. The molecule has 0 unspecified atom stereocenters. The third-order valence-corrected chi connectivity index (χ3v) is 4.69. The fourth-order valence-corrected chi connectivity index (χ4v) is 3.06. The van der Waals surface area contributed by atoms with Crippen molar-refractivity contribution in [3.8, 4) is 0 Å².